The topological polar surface area (TPSA) is 46.5 Å². The molecule has 1 N–H and O–H groups in total. The van der Waals surface area contributed by atoms with Crippen molar-refractivity contribution >= 4 is 16.7 Å². The highest BCUT2D eigenvalue weighted by atomic mass is 16.5. The number of carbonyl (C=O) groups is 1. The van der Waals surface area contributed by atoms with Crippen molar-refractivity contribution in [2.45, 2.75) is 32.8 Å². The third kappa shape index (κ3) is 2.87. The van der Waals surface area contributed by atoms with Gasteiger partial charge in [-0.2, -0.15) is 0 Å². The molecule has 0 amide bonds. The Morgan fingerprint density at radius 1 is 1.21 bits per heavy atom. The van der Waals surface area contributed by atoms with Crippen LogP contribution in [0.5, 0.6) is 5.75 Å². The standard InChI is InChI=1S/C16H18O3/c1-3-6-11(2)19-15-10-9-14(16(17)18)12-7-4-5-8-13(12)15/h4-5,7-11H,3,6H2,1-2H3,(H,17,18). The van der Waals surface area contributed by atoms with Gasteiger partial charge in [-0.25, -0.2) is 4.79 Å². The molecule has 0 radical (unpaired) electrons. The van der Waals surface area contributed by atoms with E-state index in [-0.39, 0.29) is 6.10 Å². The van der Waals surface area contributed by atoms with Crippen LogP contribution in [0.4, 0.5) is 0 Å². The molecule has 0 saturated carbocycles. The second-order valence-corrected chi connectivity index (χ2v) is 4.68. The molecule has 1 atom stereocenters. The first kappa shape index (κ1) is 13.4. The van der Waals surface area contributed by atoms with Gasteiger partial charge >= 0.3 is 5.97 Å². The van der Waals surface area contributed by atoms with Crippen LogP contribution in [0.3, 0.4) is 0 Å². The Kier molecular flexibility index (Phi) is 4.05. The van der Waals surface area contributed by atoms with Crippen molar-refractivity contribution in [1.29, 1.82) is 0 Å². The zero-order valence-corrected chi connectivity index (χ0v) is 11.2. The maximum Gasteiger partial charge on any atom is 0.336 e. The van der Waals surface area contributed by atoms with Crippen molar-refractivity contribution < 1.29 is 14.6 Å². The summed E-state index contributed by atoms with van der Waals surface area (Å²) in [4.78, 5) is 11.2. The maximum absolute atomic E-state index is 11.2. The summed E-state index contributed by atoms with van der Waals surface area (Å²) in [6.07, 6.45) is 2.17. The highest BCUT2D eigenvalue weighted by Crippen LogP contribution is 2.29. The third-order valence-corrected chi connectivity index (χ3v) is 3.14. The molecule has 0 fully saturated rings. The van der Waals surface area contributed by atoms with Gasteiger partial charge in [-0.05, 0) is 30.9 Å². The Hall–Kier alpha value is -2.03. The SMILES string of the molecule is CCCC(C)Oc1ccc(C(=O)O)c2ccccc12. The van der Waals surface area contributed by atoms with E-state index in [4.69, 9.17) is 4.74 Å². The van der Waals surface area contributed by atoms with Crippen LogP contribution in [-0.2, 0) is 0 Å². The minimum absolute atomic E-state index is 0.129. The molecule has 0 heterocycles. The lowest BCUT2D eigenvalue weighted by Gasteiger charge is -2.16. The molecular formula is C16H18O3. The van der Waals surface area contributed by atoms with Crippen LogP contribution in [0.1, 0.15) is 37.0 Å². The number of carboxylic acids is 1. The fraction of sp³-hybridized carbons (Fsp3) is 0.312. The van der Waals surface area contributed by atoms with E-state index in [2.05, 4.69) is 6.92 Å². The second kappa shape index (κ2) is 5.74. The molecule has 2 rings (SSSR count). The molecule has 3 heteroatoms. The van der Waals surface area contributed by atoms with Crippen LogP contribution in [-0.4, -0.2) is 17.2 Å². The minimum Gasteiger partial charge on any atom is -0.490 e. The van der Waals surface area contributed by atoms with E-state index in [1.165, 1.54) is 0 Å². The number of rotatable bonds is 5. The van der Waals surface area contributed by atoms with E-state index < -0.39 is 5.97 Å². The van der Waals surface area contributed by atoms with Crippen LogP contribution in [0.25, 0.3) is 10.8 Å². The van der Waals surface area contributed by atoms with Gasteiger partial charge in [0.15, 0.2) is 0 Å². The van der Waals surface area contributed by atoms with Crippen molar-refractivity contribution in [3.63, 3.8) is 0 Å². The van der Waals surface area contributed by atoms with Gasteiger partial charge in [-0.15, -0.1) is 0 Å². The predicted octanol–water partition coefficient (Wildman–Crippen LogP) is 4.11. The Bertz CT molecular complexity index is 590. The van der Waals surface area contributed by atoms with Gasteiger partial charge in [0.2, 0.25) is 0 Å². The Morgan fingerprint density at radius 2 is 1.89 bits per heavy atom. The van der Waals surface area contributed by atoms with Crippen molar-refractivity contribution in [1.82, 2.24) is 0 Å². The fourth-order valence-corrected chi connectivity index (χ4v) is 2.24. The summed E-state index contributed by atoms with van der Waals surface area (Å²) >= 11 is 0. The highest BCUT2D eigenvalue weighted by molar-refractivity contribution is 6.05. The van der Waals surface area contributed by atoms with Crippen molar-refractivity contribution in [3.8, 4) is 5.75 Å². The molecule has 2 aromatic rings. The largest absolute Gasteiger partial charge is 0.490 e. The smallest absolute Gasteiger partial charge is 0.336 e. The molecule has 0 aliphatic heterocycles. The van der Waals surface area contributed by atoms with Crippen molar-refractivity contribution in [3.05, 3.63) is 42.0 Å². The number of aromatic carboxylic acids is 1. The Morgan fingerprint density at radius 3 is 2.53 bits per heavy atom. The van der Waals surface area contributed by atoms with E-state index in [9.17, 15) is 9.90 Å². The number of benzene rings is 2. The number of ether oxygens (including phenoxy) is 1. The predicted molar refractivity (Wildman–Crippen MR) is 75.9 cm³/mol. The van der Waals surface area contributed by atoms with Crippen LogP contribution in [0, 0.1) is 0 Å². The summed E-state index contributed by atoms with van der Waals surface area (Å²) in [7, 11) is 0. The Balaban J connectivity index is 2.46. The van der Waals surface area contributed by atoms with Crippen molar-refractivity contribution in [2.24, 2.45) is 0 Å². The normalized spacial score (nSPS) is 12.3. The van der Waals surface area contributed by atoms with E-state index in [0.717, 1.165) is 29.4 Å². The summed E-state index contributed by atoms with van der Waals surface area (Å²) in [6, 6.07) is 10.8. The number of hydrogen-bond donors (Lipinski definition) is 1. The second-order valence-electron chi connectivity index (χ2n) is 4.68. The van der Waals surface area contributed by atoms with Crippen molar-refractivity contribution in [2.75, 3.05) is 0 Å². The van der Waals surface area contributed by atoms with Gasteiger partial charge in [0.25, 0.3) is 0 Å². The van der Waals surface area contributed by atoms with E-state index in [1.54, 1.807) is 12.1 Å². The van der Waals surface area contributed by atoms with Gasteiger partial charge in [0.05, 0.1) is 11.7 Å². The number of carboxylic acid groups (broad SMARTS) is 1. The molecule has 0 saturated heterocycles. The molecule has 3 nitrogen and oxygen atoms in total. The van der Waals surface area contributed by atoms with Crippen LogP contribution < -0.4 is 4.74 Å². The first-order valence-electron chi connectivity index (χ1n) is 6.55. The number of hydrogen-bond acceptors (Lipinski definition) is 2. The van der Waals surface area contributed by atoms with Crippen LogP contribution in [0.15, 0.2) is 36.4 Å². The molecule has 0 aromatic heterocycles. The molecule has 0 spiro atoms. The summed E-state index contributed by atoms with van der Waals surface area (Å²) in [5, 5.41) is 10.8. The zero-order chi connectivity index (χ0) is 13.8. The molecule has 0 aliphatic carbocycles. The van der Waals surface area contributed by atoms with Gasteiger partial charge in [-0.3, -0.25) is 0 Å². The maximum atomic E-state index is 11.2. The highest BCUT2D eigenvalue weighted by Gasteiger charge is 2.13. The first-order chi connectivity index (χ1) is 9.13. The molecule has 0 aliphatic rings. The molecule has 100 valence electrons. The molecule has 0 bridgehead atoms. The molecule has 19 heavy (non-hydrogen) atoms. The minimum atomic E-state index is -0.913. The monoisotopic (exact) mass is 258 g/mol. The van der Waals surface area contributed by atoms with Gasteiger partial charge < -0.3 is 9.84 Å². The quantitative estimate of drug-likeness (QED) is 0.878. The van der Waals surface area contributed by atoms with Gasteiger partial charge in [-0.1, -0.05) is 37.6 Å². The summed E-state index contributed by atoms with van der Waals surface area (Å²) < 4.78 is 5.91. The van der Waals surface area contributed by atoms with Crippen LogP contribution in [0.2, 0.25) is 0 Å². The summed E-state index contributed by atoms with van der Waals surface area (Å²) in [5.74, 6) is -0.161. The average Bonchev–Trinajstić information content (AvgIpc) is 2.39. The summed E-state index contributed by atoms with van der Waals surface area (Å²) in [6.45, 7) is 4.15. The zero-order valence-electron chi connectivity index (χ0n) is 11.2. The fourth-order valence-electron chi connectivity index (χ4n) is 2.24. The molecule has 2 aromatic carbocycles. The molecular weight excluding hydrogens is 240 g/mol. The van der Waals surface area contributed by atoms with E-state index in [0.29, 0.717) is 5.56 Å². The first-order valence-corrected chi connectivity index (χ1v) is 6.55. The lowest BCUT2D eigenvalue weighted by atomic mass is 10.0. The molecule has 1 unspecified atom stereocenters. The number of fused-ring (bicyclic) bond motifs is 1. The van der Waals surface area contributed by atoms with E-state index in [1.807, 2.05) is 31.2 Å². The van der Waals surface area contributed by atoms with Crippen LogP contribution >= 0.6 is 0 Å². The average molecular weight is 258 g/mol. The van der Waals surface area contributed by atoms with E-state index >= 15 is 0 Å². The lowest BCUT2D eigenvalue weighted by Crippen LogP contribution is -2.11. The lowest BCUT2D eigenvalue weighted by molar-refractivity contribution is 0.0699. The van der Waals surface area contributed by atoms with Gasteiger partial charge in [0.1, 0.15) is 5.75 Å². The van der Waals surface area contributed by atoms with Gasteiger partial charge in [0, 0.05) is 5.39 Å². The Labute approximate surface area is 112 Å². The summed E-state index contributed by atoms with van der Waals surface area (Å²) in [5.41, 5.74) is 0.311. The third-order valence-electron chi connectivity index (χ3n) is 3.14.